The van der Waals surface area contributed by atoms with E-state index >= 15 is 0 Å². The van der Waals surface area contributed by atoms with Crippen molar-refractivity contribution in [2.75, 3.05) is 24.2 Å². The Labute approximate surface area is 230 Å². The number of carbonyl (C=O) groups excluding carboxylic acids is 1. The minimum absolute atomic E-state index is 0.0155. The lowest BCUT2D eigenvalue weighted by Crippen LogP contribution is -2.45. The molecule has 4 atom stereocenters. The number of nitrogens with zero attached hydrogens (tertiary/aromatic N) is 4. The molecule has 0 radical (unpaired) electrons. The Balaban J connectivity index is 1.29. The highest BCUT2D eigenvalue weighted by atomic mass is 32.2. The summed E-state index contributed by atoms with van der Waals surface area (Å²) in [5.41, 5.74) is 2.54. The summed E-state index contributed by atoms with van der Waals surface area (Å²) in [5, 5.41) is 1.63. The molecule has 206 valence electrons. The van der Waals surface area contributed by atoms with Crippen LogP contribution < -0.4 is 4.90 Å². The van der Waals surface area contributed by atoms with Crippen molar-refractivity contribution in [2.24, 2.45) is 10.9 Å². The minimum Gasteiger partial charge on any atom is -0.372 e. The van der Waals surface area contributed by atoms with E-state index in [1.54, 1.807) is 12.4 Å². The van der Waals surface area contributed by atoms with E-state index in [4.69, 9.17) is 9.72 Å². The minimum atomic E-state index is -3.07. The van der Waals surface area contributed by atoms with E-state index in [9.17, 15) is 13.2 Å². The van der Waals surface area contributed by atoms with E-state index in [1.165, 1.54) is 6.26 Å². The van der Waals surface area contributed by atoms with Gasteiger partial charge in [0.2, 0.25) is 0 Å². The van der Waals surface area contributed by atoms with Crippen molar-refractivity contribution in [3.8, 4) is 11.3 Å². The highest BCUT2D eigenvalue weighted by Crippen LogP contribution is 2.28. The lowest BCUT2D eigenvalue weighted by Gasteiger charge is -2.36. The van der Waals surface area contributed by atoms with Crippen LogP contribution >= 0.6 is 0 Å². The summed E-state index contributed by atoms with van der Waals surface area (Å²) in [6.07, 6.45) is 8.04. The van der Waals surface area contributed by atoms with Gasteiger partial charge in [-0.2, -0.15) is 0 Å². The number of fused-ring (bicyclic) bond motifs is 1. The molecule has 2 fully saturated rings. The normalized spacial score (nSPS) is 24.3. The van der Waals surface area contributed by atoms with Crippen LogP contribution in [0, 0.1) is 5.92 Å². The van der Waals surface area contributed by atoms with Crippen LogP contribution in [0.4, 0.5) is 5.82 Å². The number of aliphatic imine (C=N–C) groups is 1. The van der Waals surface area contributed by atoms with Gasteiger partial charge in [-0.25, -0.2) is 18.4 Å². The summed E-state index contributed by atoms with van der Waals surface area (Å²) in [4.78, 5) is 28.4. The number of rotatable bonds is 6. The zero-order valence-electron chi connectivity index (χ0n) is 22.8. The highest BCUT2D eigenvalue weighted by molar-refractivity contribution is 7.91. The average Bonchev–Trinajstić information content (AvgIpc) is 2.91. The van der Waals surface area contributed by atoms with Crippen molar-refractivity contribution >= 4 is 38.5 Å². The number of amides is 1. The summed E-state index contributed by atoms with van der Waals surface area (Å²) >= 11 is 0. The molecule has 1 amide bonds. The first-order valence-electron chi connectivity index (χ1n) is 13.7. The SMILES string of the molecule is C[C@@H]1CN(c2cccc(-c3ccc4cnc(CC(=O)N=CC5CCC[C@@H](S(C)(=O)=O)C5)cc4c3)n2)C[C@H](C)O1. The lowest BCUT2D eigenvalue weighted by molar-refractivity contribution is -0.117. The Hall–Kier alpha value is -3.17. The summed E-state index contributed by atoms with van der Waals surface area (Å²) in [6.45, 7) is 5.79. The Kier molecular flexibility index (Phi) is 8.09. The molecule has 8 nitrogen and oxygen atoms in total. The summed E-state index contributed by atoms with van der Waals surface area (Å²) in [7, 11) is -3.07. The van der Waals surface area contributed by atoms with Crippen molar-refractivity contribution in [1.82, 2.24) is 9.97 Å². The molecule has 0 spiro atoms. The van der Waals surface area contributed by atoms with Crippen molar-refractivity contribution in [3.63, 3.8) is 0 Å². The molecule has 1 aliphatic heterocycles. The van der Waals surface area contributed by atoms with Gasteiger partial charge < -0.3 is 9.64 Å². The quantitative estimate of drug-likeness (QED) is 0.413. The zero-order valence-corrected chi connectivity index (χ0v) is 23.6. The van der Waals surface area contributed by atoms with E-state index in [2.05, 4.69) is 34.8 Å². The Morgan fingerprint density at radius 3 is 2.67 bits per heavy atom. The third-order valence-corrected chi connectivity index (χ3v) is 9.23. The third kappa shape index (κ3) is 6.89. The number of hydrogen-bond donors (Lipinski definition) is 0. The first kappa shape index (κ1) is 27.4. The number of ether oxygens (including phenoxy) is 1. The maximum Gasteiger partial charge on any atom is 0.251 e. The number of sulfone groups is 1. The largest absolute Gasteiger partial charge is 0.372 e. The standard InChI is InChI=1S/C30H36N4O4S/c1-20-18-34(19-21(2)38-20)29-9-5-8-28(33-29)23-10-11-24-17-31-26(14-25(24)13-23)15-30(35)32-16-22-6-4-7-27(12-22)39(3,36)37/h5,8-11,13-14,16-17,20-22,27H,4,6-7,12,15,18-19H2,1-3H3/t20-,21+,22?,27-/m1/s1. The van der Waals surface area contributed by atoms with Gasteiger partial charge in [0.15, 0.2) is 0 Å². The molecule has 0 N–H and O–H groups in total. The predicted octanol–water partition coefficient (Wildman–Crippen LogP) is 4.65. The molecule has 3 heterocycles. The molecule has 1 unspecified atom stereocenters. The van der Waals surface area contributed by atoms with E-state index in [1.807, 2.05) is 36.4 Å². The molecule has 9 heteroatoms. The molecule has 2 aromatic heterocycles. The number of pyridine rings is 2. The second-order valence-electron chi connectivity index (χ2n) is 11.0. The van der Waals surface area contributed by atoms with E-state index < -0.39 is 9.84 Å². The predicted molar refractivity (Wildman–Crippen MR) is 155 cm³/mol. The van der Waals surface area contributed by atoms with Gasteiger partial charge >= 0.3 is 0 Å². The number of morpholine rings is 1. The Morgan fingerprint density at radius 2 is 1.90 bits per heavy atom. The maximum absolute atomic E-state index is 12.6. The first-order valence-corrected chi connectivity index (χ1v) is 15.6. The lowest BCUT2D eigenvalue weighted by atomic mass is 9.90. The maximum atomic E-state index is 12.6. The Bertz CT molecular complexity index is 1480. The zero-order chi connectivity index (χ0) is 27.6. The number of aromatic nitrogens is 2. The molecule has 39 heavy (non-hydrogen) atoms. The van der Waals surface area contributed by atoms with Crippen molar-refractivity contribution in [2.45, 2.75) is 63.4 Å². The monoisotopic (exact) mass is 548 g/mol. The number of benzene rings is 1. The second kappa shape index (κ2) is 11.5. The number of anilines is 1. The van der Waals surface area contributed by atoms with Gasteiger partial charge in [-0.1, -0.05) is 24.6 Å². The fraction of sp³-hybridized carbons (Fsp3) is 0.467. The van der Waals surface area contributed by atoms with Crippen LogP contribution in [0.15, 0.2) is 53.7 Å². The van der Waals surface area contributed by atoms with Crippen LogP contribution in [0.2, 0.25) is 0 Å². The van der Waals surface area contributed by atoms with Gasteiger partial charge in [0.25, 0.3) is 5.91 Å². The fourth-order valence-corrected chi connectivity index (χ4v) is 6.85. The van der Waals surface area contributed by atoms with Gasteiger partial charge in [-0.05, 0) is 68.7 Å². The van der Waals surface area contributed by atoms with Crippen LogP contribution in [-0.2, 0) is 25.8 Å². The first-order chi connectivity index (χ1) is 18.6. The molecule has 1 saturated heterocycles. The van der Waals surface area contributed by atoms with Gasteiger partial charge in [0.1, 0.15) is 15.7 Å². The van der Waals surface area contributed by atoms with Gasteiger partial charge in [-0.15, -0.1) is 0 Å². The van der Waals surface area contributed by atoms with Crippen LogP contribution in [0.3, 0.4) is 0 Å². The van der Waals surface area contributed by atoms with Gasteiger partial charge in [0, 0.05) is 42.7 Å². The summed E-state index contributed by atoms with van der Waals surface area (Å²) < 4.78 is 29.7. The fourth-order valence-electron chi connectivity index (χ4n) is 5.66. The van der Waals surface area contributed by atoms with Crippen LogP contribution in [0.25, 0.3) is 22.0 Å². The van der Waals surface area contributed by atoms with Crippen LogP contribution in [0.5, 0.6) is 0 Å². The molecule has 3 aromatic rings. The topological polar surface area (TPSA) is 102 Å². The van der Waals surface area contributed by atoms with Crippen molar-refractivity contribution in [3.05, 3.63) is 54.4 Å². The number of hydrogen-bond acceptors (Lipinski definition) is 7. The van der Waals surface area contributed by atoms with Crippen LogP contribution in [0.1, 0.15) is 45.2 Å². The van der Waals surface area contributed by atoms with Crippen molar-refractivity contribution in [1.29, 1.82) is 0 Å². The molecule has 1 aromatic carbocycles. The average molecular weight is 549 g/mol. The third-order valence-electron chi connectivity index (χ3n) is 7.59. The molecular formula is C30H36N4O4S. The molecule has 1 saturated carbocycles. The highest BCUT2D eigenvalue weighted by Gasteiger charge is 2.28. The summed E-state index contributed by atoms with van der Waals surface area (Å²) in [6, 6.07) is 14.2. The number of carbonyl (C=O) groups is 1. The molecule has 1 aliphatic carbocycles. The molecule has 5 rings (SSSR count). The van der Waals surface area contributed by atoms with E-state index in [0.29, 0.717) is 18.5 Å². The van der Waals surface area contributed by atoms with Crippen LogP contribution in [-0.4, -0.2) is 67.3 Å². The Morgan fingerprint density at radius 1 is 1.10 bits per heavy atom. The molecule has 0 bridgehead atoms. The second-order valence-corrected chi connectivity index (χ2v) is 13.3. The molecular weight excluding hydrogens is 512 g/mol. The van der Waals surface area contributed by atoms with E-state index in [0.717, 1.165) is 53.8 Å². The smallest absolute Gasteiger partial charge is 0.251 e. The van der Waals surface area contributed by atoms with Crippen molar-refractivity contribution < 1.29 is 17.9 Å². The molecule has 2 aliphatic rings. The summed E-state index contributed by atoms with van der Waals surface area (Å²) in [5.74, 6) is 0.679. The van der Waals surface area contributed by atoms with Gasteiger partial charge in [-0.3, -0.25) is 9.78 Å². The van der Waals surface area contributed by atoms with E-state index in [-0.39, 0.29) is 35.7 Å². The van der Waals surface area contributed by atoms with Gasteiger partial charge in [0.05, 0.1) is 35.3 Å².